The van der Waals surface area contributed by atoms with Crippen molar-refractivity contribution in [2.75, 3.05) is 14.1 Å². The molecule has 0 aromatic carbocycles. The molecule has 0 atom stereocenters. The molecule has 64 valence electrons. The van der Waals surface area contributed by atoms with Gasteiger partial charge >= 0.3 is 0 Å². The summed E-state index contributed by atoms with van der Waals surface area (Å²) in [5.41, 5.74) is 1.00. The average Bonchev–Trinajstić information content (AvgIpc) is 1.82. The van der Waals surface area contributed by atoms with Crippen LogP contribution in [0.15, 0.2) is 5.10 Å². The molecule has 0 aliphatic heterocycles. The first-order valence-corrected chi connectivity index (χ1v) is 3.73. The van der Waals surface area contributed by atoms with Gasteiger partial charge in [-0.3, -0.25) is 0 Å². The molecule has 0 amide bonds. The lowest BCUT2D eigenvalue weighted by atomic mass is 10.2. The summed E-state index contributed by atoms with van der Waals surface area (Å²) in [6, 6.07) is 0. The summed E-state index contributed by atoms with van der Waals surface area (Å²) in [4.78, 5) is 10.6. The SMILES string of the molecule is CC(=O)CCC(C)=NN(C)C. The summed E-state index contributed by atoms with van der Waals surface area (Å²) in [6.45, 7) is 3.53. The molecule has 0 aliphatic carbocycles. The highest BCUT2D eigenvalue weighted by atomic mass is 16.1. The second-order valence-electron chi connectivity index (χ2n) is 2.88. The van der Waals surface area contributed by atoms with Crippen LogP contribution in [0.2, 0.25) is 0 Å². The van der Waals surface area contributed by atoms with Crippen LogP contribution in [0.1, 0.15) is 26.7 Å². The molecule has 0 aromatic heterocycles. The number of hydrogen-bond donors (Lipinski definition) is 0. The smallest absolute Gasteiger partial charge is 0.130 e. The van der Waals surface area contributed by atoms with Gasteiger partial charge in [0.15, 0.2) is 0 Å². The second-order valence-corrected chi connectivity index (χ2v) is 2.88. The summed E-state index contributed by atoms with van der Waals surface area (Å²) >= 11 is 0. The normalized spacial score (nSPS) is 11.5. The summed E-state index contributed by atoms with van der Waals surface area (Å²) in [5.74, 6) is 0.221. The van der Waals surface area contributed by atoms with Gasteiger partial charge in [-0.2, -0.15) is 5.10 Å². The lowest BCUT2D eigenvalue weighted by molar-refractivity contribution is -0.116. The summed E-state index contributed by atoms with van der Waals surface area (Å²) in [7, 11) is 3.74. The molecular formula is C8H16N2O. The molecule has 11 heavy (non-hydrogen) atoms. The Balaban J connectivity index is 3.68. The van der Waals surface area contributed by atoms with Crippen molar-refractivity contribution >= 4 is 11.5 Å². The van der Waals surface area contributed by atoms with Gasteiger partial charge in [0, 0.05) is 26.2 Å². The maximum absolute atomic E-state index is 10.6. The summed E-state index contributed by atoms with van der Waals surface area (Å²) in [5, 5.41) is 5.89. The first kappa shape index (κ1) is 10.1. The lowest BCUT2D eigenvalue weighted by Crippen LogP contribution is -2.07. The molecule has 0 spiro atoms. The number of hydrazone groups is 1. The van der Waals surface area contributed by atoms with E-state index in [4.69, 9.17) is 0 Å². The Morgan fingerprint density at radius 3 is 2.18 bits per heavy atom. The maximum atomic E-state index is 10.6. The van der Waals surface area contributed by atoms with Crippen molar-refractivity contribution in [2.45, 2.75) is 26.7 Å². The first-order valence-electron chi connectivity index (χ1n) is 3.73. The predicted octanol–water partition coefficient (Wildman–Crippen LogP) is 1.29. The number of ketones is 1. The van der Waals surface area contributed by atoms with Crippen molar-refractivity contribution in [3.63, 3.8) is 0 Å². The minimum absolute atomic E-state index is 0.221. The van der Waals surface area contributed by atoms with Crippen LogP contribution in [0, 0.1) is 0 Å². The van der Waals surface area contributed by atoms with Crippen LogP contribution in [0.4, 0.5) is 0 Å². The van der Waals surface area contributed by atoms with Crippen LogP contribution in [0.5, 0.6) is 0 Å². The Morgan fingerprint density at radius 1 is 1.27 bits per heavy atom. The number of Topliss-reactive ketones (excluding diaryl/α,β-unsaturated/α-hetero) is 1. The number of carbonyl (C=O) groups excluding carboxylic acids is 1. The fourth-order valence-corrected chi connectivity index (χ4v) is 0.748. The van der Waals surface area contributed by atoms with Crippen LogP contribution < -0.4 is 0 Å². The Hall–Kier alpha value is -0.860. The van der Waals surface area contributed by atoms with E-state index in [9.17, 15) is 4.79 Å². The molecule has 0 radical (unpaired) electrons. The van der Waals surface area contributed by atoms with Crippen LogP contribution in [0.3, 0.4) is 0 Å². The Morgan fingerprint density at radius 2 is 1.82 bits per heavy atom. The average molecular weight is 156 g/mol. The highest BCUT2D eigenvalue weighted by Crippen LogP contribution is 1.94. The number of rotatable bonds is 4. The van der Waals surface area contributed by atoms with Crippen molar-refractivity contribution < 1.29 is 4.79 Å². The van der Waals surface area contributed by atoms with Crippen LogP contribution >= 0.6 is 0 Å². The van der Waals surface area contributed by atoms with Crippen molar-refractivity contribution in [2.24, 2.45) is 5.10 Å². The van der Waals surface area contributed by atoms with Crippen LogP contribution in [0.25, 0.3) is 0 Å². The topological polar surface area (TPSA) is 32.7 Å². The molecule has 0 saturated carbocycles. The predicted molar refractivity (Wildman–Crippen MR) is 46.7 cm³/mol. The van der Waals surface area contributed by atoms with Crippen molar-refractivity contribution in [3.8, 4) is 0 Å². The maximum Gasteiger partial charge on any atom is 0.130 e. The zero-order valence-electron chi connectivity index (χ0n) is 7.72. The third kappa shape index (κ3) is 7.03. The monoisotopic (exact) mass is 156 g/mol. The molecule has 0 heterocycles. The fourth-order valence-electron chi connectivity index (χ4n) is 0.748. The Kier molecular flexibility index (Phi) is 4.50. The van der Waals surface area contributed by atoms with Gasteiger partial charge in [-0.25, -0.2) is 0 Å². The largest absolute Gasteiger partial charge is 0.303 e. The molecule has 0 unspecified atom stereocenters. The van der Waals surface area contributed by atoms with E-state index in [-0.39, 0.29) is 5.78 Å². The standard InChI is InChI=1S/C8H16N2O/c1-7(9-10(3)4)5-6-8(2)11/h5-6H2,1-4H3. The molecule has 0 aromatic rings. The molecule has 3 nitrogen and oxygen atoms in total. The van der Waals surface area contributed by atoms with Gasteiger partial charge in [0.25, 0.3) is 0 Å². The quantitative estimate of drug-likeness (QED) is 0.454. The van der Waals surface area contributed by atoms with Crippen LogP contribution in [-0.2, 0) is 4.79 Å². The zero-order valence-corrected chi connectivity index (χ0v) is 7.72. The molecule has 0 aliphatic rings. The molecule has 3 heteroatoms. The Labute approximate surface area is 68.1 Å². The van der Waals surface area contributed by atoms with E-state index in [0.717, 1.165) is 12.1 Å². The van der Waals surface area contributed by atoms with E-state index >= 15 is 0 Å². The second kappa shape index (κ2) is 4.88. The van der Waals surface area contributed by atoms with Gasteiger partial charge in [-0.1, -0.05) is 0 Å². The highest BCUT2D eigenvalue weighted by Gasteiger charge is 1.96. The van der Waals surface area contributed by atoms with E-state index in [1.54, 1.807) is 11.9 Å². The number of nitrogens with zero attached hydrogens (tertiary/aromatic N) is 2. The molecule has 0 bridgehead atoms. The number of hydrogen-bond acceptors (Lipinski definition) is 3. The first-order chi connectivity index (χ1) is 5.02. The van der Waals surface area contributed by atoms with Gasteiger partial charge in [0.2, 0.25) is 0 Å². The molecule has 0 rings (SSSR count). The summed E-state index contributed by atoms with van der Waals surface area (Å²) in [6.07, 6.45) is 1.37. The van der Waals surface area contributed by atoms with Gasteiger partial charge in [0.05, 0.1) is 0 Å². The molecule has 0 saturated heterocycles. The van der Waals surface area contributed by atoms with Gasteiger partial charge in [-0.15, -0.1) is 0 Å². The van der Waals surface area contributed by atoms with Crippen molar-refractivity contribution in [1.82, 2.24) is 5.01 Å². The van der Waals surface area contributed by atoms with E-state index in [1.807, 2.05) is 21.0 Å². The lowest BCUT2D eigenvalue weighted by Gasteiger charge is -2.05. The van der Waals surface area contributed by atoms with Crippen molar-refractivity contribution in [3.05, 3.63) is 0 Å². The third-order valence-electron chi connectivity index (χ3n) is 1.21. The van der Waals surface area contributed by atoms with Gasteiger partial charge in [0.1, 0.15) is 5.78 Å². The Bertz CT molecular complexity index is 161. The minimum atomic E-state index is 0.221. The van der Waals surface area contributed by atoms with E-state index < -0.39 is 0 Å². The van der Waals surface area contributed by atoms with Gasteiger partial charge in [-0.05, 0) is 20.3 Å². The summed E-state index contributed by atoms with van der Waals surface area (Å²) < 4.78 is 0. The molecule has 0 N–H and O–H groups in total. The zero-order chi connectivity index (χ0) is 8.85. The molecule has 0 fully saturated rings. The fraction of sp³-hybridized carbons (Fsp3) is 0.750. The van der Waals surface area contributed by atoms with Crippen molar-refractivity contribution in [1.29, 1.82) is 0 Å². The van der Waals surface area contributed by atoms with E-state index in [2.05, 4.69) is 5.10 Å². The number of carbonyl (C=O) groups is 1. The third-order valence-corrected chi connectivity index (χ3v) is 1.21. The minimum Gasteiger partial charge on any atom is -0.303 e. The van der Waals surface area contributed by atoms with Gasteiger partial charge < -0.3 is 9.80 Å². The van der Waals surface area contributed by atoms with E-state index in [1.165, 1.54) is 0 Å². The van der Waals surface area contributed by atoms with Crippen LogP contribution in [-0.4, -0.2) is 30.6 Å². The van der Waals surface area contributed by atoms with E-state index in [0.29, 0.717) is 6.42 Å². The molecular weight excluding hydrogens is 140 g/mol. The highest BCUT2D eigenvalue weighted by molar-refractivity contribution is 5.86.